The number of nitrogens with one attached hydrogen (secondary N) is 1. The Hall–Kier alpha value is -2.30. The van der Waals surface area contributed by atoms with Crippen LogP contribution in [0.2, 0.25) is 0 Å². The van der Waals surface area contributed by atoms with Crippen molar-refractivity contribution in [3.63, 3.8) is 0 Å². The quantitative estimate of drug-likeness (QED) is 0.893. The average Bonchev–Trinajstić information content (AvgIpc) is 3.25. The van der Waals surface area contributed by atoms with Crippen molar-refractivity contribution >= 4 is 17.3 Å². The Kier molecular flexibility index (Phi) is 3.18. The summed E-state index contributed by atoms with van der Waals surface area (Å²) < 4.78 is 5.20. The van der Waals surface area contributed by atoms with Gasteiger partial charge in [-0.25, -0.2) is 9.97 Å². The van der Waals surface area contributed by atoms with E-state index in [1.54, 1.807) is 13.2 Å². The van der Waals surface area contributed by atoms with Gasteiger partial charge in [-0.15, -0.1) is 0 Å². The second-order valence-corrected chi connectivity index (χ2v) is 5.12. The van der Waals surface area contributed by atoms with Gasteiger partial charge in [0.15, 0.2) is 0 Å². The first-order valence-corrected chi connectivity index (χ1v) is 6.72. The van der Waals surface area contributed by atoms with Crippen molar-refractivity contribution in [2.24, 2.45) is 0 Å². The molecule has 1 fully saturated rings. The first-order chi connectivity index (χ1) is 9.65. The van der Waals surface area contributed by atoms with E-state index >= 15 is 0 Å². The second kappa shape index (κ2) is 5.00. The Balaban J connectivity index is 1.87. The lowest BCUT2D eigenvalue weighted by atomic mass is 10.2. The van der Waals surface area contributed by atoms with Crippen LogP contribution in [0.3, 0.4) is 0 Å². The molecule has 20 heavy (non-hydrogen) atoms. The van der Waals surface area contributed by atoms with Gasteiger partial charge >= 0.3 is 0 Å². The summed E-state index contributed by atoms with van der Waals surface area (Å²) in [6.45, 7) is 2.03. The minimum Gasteiger partial charge on any atom is -0.497 e. The number of hydrogen-bond donors (Lipinski definition) is 2. The molecule has 1 aromatic carbocycles. The zero-order valence-corrected chi connectivity index (χ0v) is 11.7. The van der Waals surface area contributed by atoms with Crippen molar-refractivity contribution in [3.05, 3.63) is 35.7 Å². The van der Waals surface area contributed by atoms with Crippen molar-refractivity contribution in [2.45, 2.75) is 25.7 Å². The van der Waals surface area contributed by atoms with E-state index in [9.17, 15) is 0 Å². The van der Waals surface area contributed by atoms with E-state index in [0.717, 1.165) is 41.5 Å². The largest absolute Gasteiger partial charge is 0.497 e. The minimum absolute atomic E-state index is 0.482. The van der Waals surface area contributed by atoms with E-state index in [4.69, 9.17) is 10.5 Å². The molecule has 3 N–H and O–H groups in total. The number of anilines is 3. The van der Waals surface area contributed by atoms with Crippen LogP contribution in [0.15, 0.2) is 24.3 Å². The number of ether oxygens (including phenoxy) is 1. The number of methoxy groups -OCH3 is 1. The summed E-state index contributed by atoms with van der Waals surface area (Å²) in [5.41, 5.74) is 7.93. The predicted molar refractivity (Wildman–Crippen MR) is 79.4 cm³/mol. The Morgan fingerprint density at radius 1 is 1.25 bits per heavy atom. The molecule has 104 valence electrons. The van der Waals surface area contributed by atoms with E-state index in [1.165, 1.54) is 0 Å². The molecule has 5 heteroatoms. The number of nitrogens with zero attached hydrogens (tertiary/aromatic N) is 2. The van der Waals surface area contributed by atoms with Crippen LogP contribution in [0.5, 0.6) is 5.75 Å². The molecule has 1 aromatic heterocycles. The third-order valence-corrected chi connectivity index (χ3v) is 3.40. The highest BCUT2D eigenvalue weighted by atomic mass is 16.5. The molecule has 0 atom stereocenters. The van der Waals surface area contributed by atoms with E-state index in [0.29, 0.717) is 11.7 Å². The molecule has 5 nitrogen and oxygen atoms in total. The topological polar surface area (TPSA) is 73.1 Å². The summed E-state index contributed by atoms with van der Waals surface area (Å²) in [5.74, 6) is 3.42. The number of aryl methyl sites for hydroxylation is 1. The second-order valence-electron chi connectivity index (χ2n) is 5.12. The maximum Gasteiger partial charge on any atom is 0.136 e. The summed E-state index contributed by atoms with van der Waals surface area (Å²) in [5, 5.41) is 3.30. The summed E-state index contributed by atoms with van der Waals surface area (Å²) in [4.78, 5) is 8.84. The lowest BCUT2D eigenvalue weighted by Crippen LogP contribution is -2.03. The predicted octanol–water partition coefficient (Wildman–Crippen LogP) is 3.00. The molecular formula is C15H18N4O. The van der Waals surface area contributed by atoms with Crippen LogP contribution in [0.1, 0.15) is 30.1 Å². The Morgan fingerprint density at radius 3 is 2.70 bits per heavy atom. The Bertz CT molecular complexity index is 638. The summed E-state index contributed by atoms with van der Waals surface area (Å²) in [6.07, 6.45) is 2.31. The highest BCUT2D eigenvalue weighted by Crippen LogP contribution is 2.38. The fraction of sp³-hybridized carbons (Fsp3) is 0.333. The molecule has 1 aliphatic rings. The third kappa shape index (κ3) is 2.66. The number of rotatable bonds is 4. The molecule has 1 aliphatic carbocycles. The van der Waals surface area contributed by atoms with Gasteiger partial charge in [0, 0.05) is 17.7 Å². The summed E-state index contributed by atoms with van der Waals surface area (Å²) in [6, 6.07) is 7.63. The molecule has 0 spiro atoms. The normalized spacial score (nSPS) is 14.1. The standard InChI is InChI=1S/C15H18N4O/c1-9-7-11(20-2)5-6-12(9)17-14-8-13(16)18-15(19-14)10-3-4-10/h5-8,10H,3-4H2,1-2H3,(H3,16,17,18,19). The van der Waals surface area contributed by atoms with Gasteiger partial charge in [-0.05, 0) is 43.5 Å². The zero-order chi connectivity index (χ0) is 14.1. The SMILES string of the molecule is COc1ccc(Nc2cc(N)nc(C3CC3)n2)c(C)c1. The first-order valence-electron chi connectivity index (χ1n) is 6.72. The lowest BCUT2D eigenvalue weighted by molar-refractivity contribution is 0.414. The van der Waals surface area contributed by atoms with Crippen LogP contribution in [0.4, 0.5) is 17.3 Å². The zero-order valence-electron chi connectivity index (χ0n) is 11.7. The monoisotopic (exact) mass is 270 g/mol. The van der Waals surface area contributed by atoms with Crippen LogP contribution in [-0.2, 0) is 0 Å². The van der Waals surface area contributed by atoms with Gasteiger partial charge < -0.3 is 15.8 Å². The van der Waals surface area contributed by atoms with Gasteiger partial charge in [0.1, 0.15) is 23.2 Å². The van der Waals surface area contributed by atoms with Crippen LogP contribution >= 0.6 is 0 Å². The smallest absolute Gasteiger partial charge is 0.136 e. The maximum atomic E-state index is 5.85. The number of benzene rings is 1. The van der Waals surface area contributed by atoms with Crippen molar-refractivity contribution < 1.29 is 4.74 Å². The molecular weight excluding hydrogens is 252 g/mol. The van der Waals surface area contributed by atoms with Gasteiger partial charge in [-0.3, -0.25) is 0 Å². The van der Waals surface area contributed by atoms with Gasteiger partial charge in [-0.2, -0.15) is 0 Å². The van der Waals surface area contributed by atoms with Crippen LogP contribution < -0.4 is 15.8 Å². The van der Waals surface area contributed by atoms with Crippen LogP contribution in [-0.4, -0.2) is 17.1 Å². The highest BCUT2D eigenvalue weighted by Gasteiger charge is 2.27. The van der Waals surface area contributed by atoms with Crippen molar-refractivity contribution in [1.29, 1.82) is 0 Å². The van der Waals surface area contributed by atoms with Crippen molar-refractivity contribution in [1.82, 2.24) is 9.97 Å². The van der Waals surface area contributed by atoms with Crippen molar-refractivity contribution in [3.8, 4) is 5.75 Å². The number of nitrogen functional groups attached to an aromatic ring is 1. The fourth-order valence-corrected chi connectivity index (χ4v) is 2.11. The third-order valence-electron chi connectivity index (χ3n) is 3.40. The van der Waals surface area contributed by atoms with Gasteiger partial charge in [0.05, 0.1) is 7.11 Å². The minimum atomic E-state index is 0.482. The molecule has 0 saturated heterocycles. The summed E-state index contributed by atoms with van der Waals surface area (Å²) >= 11 is 0. The number of hydrogen-bond acceptors (Lipinski definition) is 5. The highest BCUT2D eigenvalue weighted by molar-refractivity contribution is 5.63. The molecule has 1 saturated carbocycles. The van der Waals surface area contributed by atoms with Crippen molar-refractivity contribution in [2.75, 3.05) is 18.2 Å². The van der Waals surface area contributed by atoms with Gasteiger partial charge in [-0.1, -0.05) is 0 Å². The molecule has 3 rings (SSSR count). The molecule has 2 aromatic rings. The molecule has 1 heterocycles. The molecule has 0 amide bonds. The van der Waals surface area contributed by atoms with Crippen LogP contribution in [0.25, 0.3) is 0 Å². The average molecular weight is 270 g/mol. The van der Waals surface area contributed by atoms with E-state index < -0.39 is 0 Å². The van der Waals surface area contributed by atoms with Gasteiger partial charge in [0.2, 0.25) is 0 Å². The van der Waals surface area contributed by atoms with Gasteiger partial charge in [0.25, 0.3) is 0 Å². The Morgan fingerprint density at radius 2 is 2.05 bits per heavy atom. The summed E-state index contributed by atoms with van der Waals surface area (Å²) in [7, 11) is 1.66. The molecule has 0 aliphatic heterocycles. The van der Waals surface area contributed by atoms with Crippen LogP contribution in [0, 0.1) is 6.92 Å². The molecule has 0 bridgehead atoms. The molecule has 0 unspecified atom stereocenters. The maximum absolute atomic E-state index is 5.85. The Labute approximate surface area is 118 Å². The number of aromatic nitrogens is 2. The fourth-order valence-electron chi connectivity index (χ4n) is 2.11. The van der Waals surface area contributed by atoms with E-state index in [2.05, 4.69) is 15.3 Å². The van der Waals surface area contributed by atoms with E-state index in [-0.39, 0.29) is 0 Å². The number of nitrogens with two attached hydrogens (primary N) is 1. The molecule has 0 radical (unpaired) electrons. The first kappa shape index (κ1) is 12.7. The lowest BCUT2D eigenvalue weighted by Gasteiger charge is -2.11. The van der Waals surface area contributed by atoms with E-state index in [1.807, 2.05) is 25.1 Å².